The third-order valence-corrected chi connectivity index (χ3v) is 5.31. The summed E-state index contributed by atoms with van der Waals surface area (Å²) in [5, 5.41) is 4.85. The number of aromatic nitrogens is 2. The number of fused-ring (bicyclic) bond motifs is 3. The van der Waals surface area contributed by atoms with Crippen LogP contribution in [0.3, 0.4) is 0 Å². The molecule has 0 bridgehead atoms. The molecule has 0 saturated heterocycles. The first-order valence-corrected chi connectivity index (χ1v) is 11.0. The SMILES string of the molecule is CC(COc1cc2c(cc1C=O)c1ccncc1c(=O)n2C)CC(C)NC(=O)OC(C)(C)C. The number of nitrogens with one attached hydrogen (secondary N) is 1. The molecule has 2 heterocycles. The number of nitrogens with zero attached hydrogens (tertiary/aromatic N) is 2. The molecule has 2 atom stereocenters. The summed E-state index contributed by atoms with van der Waals surface area (Å²) in [7, 11) is 1.69. The predicted molar refractivity (Wildman–Crippen MR) is 128 cm³/mol. The Morgan fingerprint density at radius 3 is 2.61 bits per heavy atom. The third kappa shape index (κ3) is 5.69. The zero-order valence-electron chi connectivity index (χ0n) is 20.0. The predicted octanol–water partition coefficient (Wildman–Crippen LogP) is 4.22. The molecule has 1 amide bonds. The van der Waals surface area contributed by atoms with E-state index in [1.807, 2.05) is 34.6 Å². The lowest BCUT2D eigenvalue weighted by atomic mass is 10.0. The Kier molecular flexibility index (Phi) is 7.05. The minimum atomic E-state index is -0.554. The van der Waals surface area contributed by atoms with Crippen molar-refractivity contribution in [1.82, 2.24) is 14.9 Å². The highest BCUT2D eigenvalue weighted by Crippen LogP contribution is 2.29. The summed E-state index contributed by atoms with van der Waals surface area (Å²) in [4.78, 5) is 40.5. The van der Waals surface area contributed by atoms with Gasteiger partial charge in [-0.15, -0.1) is 0 Å². The van der Waals surface area contributed by atoms with E-state index in [-0.39, 0.29) is 17.5 Å². The number of hydrogen-bond donors (Lipinski definition) is 1. The van der Waals surface area contributed by atoms with Crippen molar-refractivity contribution in [3.63, 3.8) is 0 Å². The molecule has 33 heavy (non-hydrogen) atoms. The van der Waals surface area contributed by atoms with Gasteiger partial charge in [-0.1, -0.05) is 6.92 Å². The molecule has 0 spiro atoms. The first kappa shape index (κ1) is 24.2. The number of aldehydes is 1. The van der Waals surface area contributed by atoms with Crippen LogP contribution in [0.1, 0.15) is 51.4 Å². The van der Waals surface area contributed by atoms with Crippen LogP contribution in [0, 0.1) is 5.92 Å². The van der Waals surface area contributed by atoms with E-state index in [9.17, 15) is 14.4 Å². The number of carbonyl (C=O) groups is 2. The van der Waals surface area contributed by atoms with Crippen LogP contribution in [0.2, 0.25) is 0 Å². The van der Waals surface area contributed by atoms with Crippen LogP contribution < -0.4 is 15.6 Å². The molecule has 1 aromatic carbocycles. The van der Waals surface area contributed by atoms with Crippen molar-refractivity contribution in [2.45, 2.75) is 52.7 Å². The highest BCUT2D eigenvalue weighted by Gasteiger charge is 2.19. The van der Waals surface area contributed by atoms with Gasteiger partial charge in [-0.05, 0) is 57.6 Å². The zero-order valence-corrected chi connectivity index (χ0v) is 20.0. The van der Waals surface area contributed by atoms with Crippen LogP contribution in [0.5, 0.6) is 5.75 Å². The molecule has 8 nitrogen and oxygen atoms in total. The van der Waals surface area contributed by atoms with Crippen molar-refractivity contribution in [1.29, 1.82) is 0 Å². The lowest BCUT2D eigenvalue weighted by molar-refractivity contribution is 0.0500. The first-order chi connectivity index (χ1) is 15.5. The largest absolute Gasteiger partial charge is 0.492 e. The molecule has 0 radical (unpaired) electrons. The van der Waals surface area contributed by atoms with Crippen molar-refractivity contribution in [2.24, 2.45) is 13.0 Å². The van der Waals surface area contributed by atoms with Crippen LogP contribution in [0.25, 0.3) is 21.7 Å². The minimum Gasteiger partial charge on any atom is -0.492 e. The average Bonchev–Trinajstić information content (AvgIpc) is 2.73. The molecule has 2 aromatic heterocycles. The van der Waals surface area contributed by atoms with Gasteiger partial charge in [0.15, 0.2) is 6.29 Å². The molecule has 2 unspecified atom stereocenters. The number of amides is 1. The molecule has 0 aliphatic carbocycles. The zero-order chi connectivity index (χ0) is 24.3. The van der Waals surface area contributed by atoms with Crippen LogP contribution in [0.4, 0.5) is 4.79 Å². The average molecular weight is 454 g/mol. The summed E-state index contributed by atoms with van der Waals surface area (Å²) in [5.74, 6) is 0.511. The van der Waals surface area contributed by atoms with E-state index >= 15 is 0 Å². The van der Waals surface area contributed by atoms with Crippen LogP contribution in [0.15, 0.2) is 35.4 Å². The number of aryl methyl sites for hydroxylation is 1. The van der Waals surface area contributed by atoms with Gasteiger partial charge < -0.3 is 19.4 Å². The summed E-state index contributed by atoms with van der Waals surface area (Å²) < 4.78 is 12.8. The molecule has 0 fully saturated rings. The Morgan fingerprint density at radius 2 is 1.94 bits per heavy atom. The fraction of sp³-hybridized carbons (Fsp3) is 0.440. The van der Waals surface area contributed by atoms with Gasteiger partial charge in [0.25, 0.3) is 5.56 Å². The molecule has 8 heteroatoms. The standard InChI is InChI=1S/C25H31N3O5/c1-15(9-16(2)27-24(31)33-25(3,4)5)14-32-22-11-21-19(10-17(22)13-29)18-7-8-26-12-20(18)23(30)28(21)6/h7-8,10-13,15-16H,9,14H2,1-6H3,(H,27,31). The summed E-state index contributed by atoms with van der Waals surface area (Å²) in [6.07, 6.45) is 4.13. The molecule has 176 valence electrons. The number of alkyl carbamates (subject to hydrolysis) is 1. The quantitative estimate of drug-likeness (QED) is 0.425. The number of hydrogen-bond acceptors (Lipinski definition) is 6. The van der Waals surface area contributed by atoms with Crippen molar-refractivity contribution in [3.05, 3.63) is 46.5 Å². The maximum Gasteiger partial charge on any atom is 0.407 e. The summed E-state index contributed by atoms with van der Waals surface area (Å²) >= 11 is 0. The van der Waals surface area contributed by atoms with E-state index in [1.165, 1.54) is 10.8 Å². The molecule has 0 aliphatic rings. The molecular weight excluding hydrogens is 422 g/mol. The second-order valence-electron chi connectivity index (χ2n) is 9.51. The molecule has 3 rings (SSSR count). The topological polar surface area (TPSA) is 99.5 Å². The summed E-state index contributed by atoms with van der Waals surface area (Å²) in [5.41, 5.74) is 0.367. The smallest absolute Gasteiger partial charge is 0.407 e. The molecule has 3 aromatic rings. The van der Waals surface area contributed by atoms with Crippen LogP contribution >= 0.6 is 0 Å². The molecule has 1 N–H and O–H groups in total. The van der Waals surface area contributed by atoms with E-state index in [4.69, 9.17) is 9.47 Å². The Morgan fingerprint density at radius 1 is 1.21 bits per heavy atom. The summed E-state index contributed by atoms with van der Waals surface area (Å²) in [6.45, 7) is 9.71. The second kappa shape index (κ2) is 9.60. The highest BCUT2D eigenvalue weighted by molar-refractivity contribution is 6.07. The van der Waals surface area contributed by atoms with Gasteiger partial charge >= 0.3 is 6.09 Å². The third-order valence-electron chi connectivity index (χ3n) is 5.31. The van der Waals surface area contributed by atoms with Crippen LogP contribution in [-0.4, -0.2) is 40.2 Å². The van der Waals surface area contributed by atoms with Crippen molar-refractivity contribution >= 4 is 34.1 Å². The van der Waals surface area contributed by atoms with Gasteiger partial charge in [0.1, 0.15) is 11.4 Å². The van der Waals surface area contributed by atoms with E-state index in [1.54, 1.807) is 31.4 Å². The molecule has 0 aliphatic heterocycles. The maximum atomic E-state index is 12.7. The number of ether oxygens (including phenoxy) is 2. The summed E-state index contributed by atoms with van der Waals surface area (Å²) in [6, 6.07) is 5.14. The minimum absolute atomic E-state index is 0.0941. The van der Waals surface area contributed by atoms with E-state index in [2.05, 4.69) is 10.3 Å². The van der Waals surface area contributed by atoms with E-state index < -0.39 is 11.7 Å². The van der Waals surface area contributed by atoms with Crippen LogP contribution in [-0.2, 0) is 11.8 Å². The Hall–Kier alpha value is -3.42. The number of benzene rings is 1. The highest BCUT2D eigenvalue weighted by atomic mass is 16.6. The number of carbonyl (C=O) groups excluding carboxylic acids is 2. The first-order valence-electron chi connectivity index (χ1n) is 11.0. The molecular formula is C25H31N3O5. The van der Waals surface area contributed by atoms with E-state index in [0.29, 0.717) is 35.2 Å². The fourth-order valence-corrected chi connectivity index (χ4v) is 3.86. The number of rotatable bonds is 7. The molecule has 0 saturated carbocycles. The van der Waals surface area contributed by atoms with Crippen molar-refractivity contribution in [3.8, 4) is 5.75 Å². The van der Waals surface area contributed by atoms with Crippen molar-refractivity contribution in [2.75, 3.05) is 6.61 Å². The number of pyridine rings is 2. The van der Waals surface area contributed by atoms with Gasteiger partial charge in [-0.2, -0.15) is 0 Å². The Labute approximate surface area is 192 Å². The maximum absolute atomic E-state index is 12.7. The monoisotopic (exact) mass is 453 g/mol. The van der Waals surface area contributed by atoms with Gasteiger partial charge in [0.2, 0.25) is 0 Å². The Bertz CT molecular complexity index is 1240. The van der Waals surface area contributed by atoms with Gasteiger partial charge in [-0.3, -0.25) is 14.6 Å². The lowest BCUT2D eigenvalue weighted by Gasteiger charge is -2.23. The Balaban J connectivity index is 1.77. The normalized spacial score (nSPS) is 13.5. The van der Waals surface area contributed by atoms with Gasteiger partial charge in [-0.25, -0.2) is 4.79 Å². The lowest BCUT2D eigenvalue weighted by Crippen LogP contribution is -2.38. The second-order valence-corrected chi connectivity index (χ2v) is 9.51. The fourth-order valence-electron chi connectivity index (χ4n) is 3.86. The van der Waals surface area contributed by atoms with E-state index in [0.717, 1.165) is 17.1 Å². The van der Waals surface area contributed by atoms with Crippen molar-refractivity contribution < 1.29 is 19.1 Å². The van der Waals surface area contributed by atoms with Gasteiger partial charge in [0, 0.05) is 36.9 Å². The van der Waals surface area contributed by atoms with Gasteiger partial charge in [0.05, 0.1) is 23.1 Å².